The predicted octanol–water partition coefficient (Wildman–Crippen LogP) is 1.93. The summed E-state index contributed by atoms with van der Waals surface area (Å²) >= 11 is 0. The van der Waals surface area contributed by atoms with Gasteiger partial charge in [0.1, 0.15) is 0 Å². The Bertz CT molecular complexity index is 251. The largest absolute Gasteiger partial charge is 0.482 e. The molecule has 0 rings (SSSR count). The van der Waals surface area contributed by atoms with Crippen LogP contribution < -0.4 is 0 Å². The fourth-order valence-electron chi connectivity index (χ4n) is 0.171. The average molecular weight is 320 g/mol. The van der Waals surface area contributed by atoms with Crippen LogP contribution in [0.2, 0.25) is 0 Å². The molecule has 0 radical (unpaired) electrons. The van der Waals surface area contributed by atoms with Crippen molar-refractivity contribution in [1.82, 2.24) is 0 Å². The highest BCUT2D eigenvalue weighted by Crippen LogP contribution is 2.41. The second kappa shape index (κ2) is 5.24. The van der Waals surface area contributed by atoms with E-state index in [4.69, 9.17) is 15.3 Å². The molecule has 19 heavy (non-hydrogen) atoms. The molecule has 0 aromatic rings. The zero-order valence-corrected chi connectivity index (χ0v) is 8.00. The van der Waals surface area contributed by atoms with Gasteiger partial charge in [0, 0.05) is 0 Å². The zero-order valence-electron chi connectivity index (χ0n) is 8.00. The van der Waals surface area contributed by atoms with Gasteiger partial charge in [-0.1, -0.05) is 0 Å². The molecule has 0 heterocycles. The van der Waals surface area contributed by atoms with Gasteiger partial charge in [0.2, 0.25) is 0 Å². The Morgan fingerprint density at radius 1 is 0.421 bits per heavy atom. The van der Waals surface area contributed by atoms with Crippen LogP contribution in [0.4, 0.5) is 48.3 Å². The van der Waals surface area contributed by atoms with E-state index >= 15 is 0 Å². The van der Waals surface area contributed by atoms with E-state index in [0.29, 0.717) is 0 Å². The van der Waals surface area contributed by atoms with Crippen LogP contribution >= 0.6 is 0 Å². The number of hydrogen-bond acceptors (Lipinski definition) is 3. The van der Waals surface area contributed by atoms with Crippen molar-refractivity contribution in [2.24, 2.45) is 0 Å². The highest BCUT2D eigenvalue weighted by Gasteiger charge is 2.71. The monoisotopic (exact) mass is 320 g/mol. The van der Waals surface area contributed by atoms with Crippen molar-refractivity contribution in [1.29, 1.82) is 0 Å². The van der Waals surface area contributed by atoms with Gasteiger partial charge in [-0.05, 0) is 0 Å². The van der Waals surface area contributed by atoms with Gasteiger partial charge in [-0.25, -0.2) is 0 Å². The molecule has 3 N–H and O–H groups in total. The van der Waals surface area contributed by atoms with E-state index in [-0.39, 0.29) is 0 Å². The first-order valence-electron chi connectivity index (χ1n) is 3.50. The molecule has 3 nitrogen and oxygen atoms in total. The third-order valence-electron chi connectivity index (χ3n) is 1.12. The minimum atomic E-state index is -6.23. The van der Waals surface area contributed by atoms with Gasteiger partial charge in [-0.15, -0.1) is 0 Å². The Morgan fingerprint density at radius 3 is 0.632 bits per heavy atom. The summed E-state index contributed by atoms with van der Waals surface area (Å²) in [5, 5.41) is 21.5. The lowest BCUT2D eigenvalue weighted by atomic mass is 10.3. The average Bonchev–Trinajstić information content (AvgIpc) is 1.96. The molecule has 0 aliphatic carbocycles. The van der Waals surface area contributed by atoms with E-state index in [1.54, 1.807) is 0 Å². The molecule has 0 aromatic carbocycles. The molecule has 0 aliphatic heterocycles. The number of aliphatic hydroxyl groups is 3. The van der Waals surface area contributed by atoms with Crippen LogP contribution in [-0.4, -0.2) is 45.7 Å². The SMILES string of the molecule is OC(F)(F)C(F)(F)F.OC(F)(F)C(O)(F)C(F)(F)F. The first kappa shape index (κ1) is 20.4. The molecule has 14 heteroatoms. The maximum absolute atomic E-state index is 11.5. The first-order valence-corrected chi connectivity index (χ1v) is 3.50. The minimum absolute atomic E-state index is 5.56. The quantitative estimate of drug-likeness (QED) is 0.647. The third kappa shape index (κ3) is 5.73. The van der Waals surface area contributed by atoms with Gasteiger partial charge in [0.25, 0.3) is 0 Å². The van der Waals surface area contributed by atoms with E-state index < -0.39 is 30.4 Å². The van der Waals surface area contributed by atoms with Crippen molar-refractivity contribution >= 4 is 0 Å². The summed E-state index contributed by atoms with van der Waals surface area (Å²) in [6.45, 7) is 0. The summed E-state index contributed by atoms with van der Waals surface area (Å²) < 4.78 is 120. The molecule has 0 fully saturated rings. The van der Waals surface area contributed by atoms with Crippen molar-refractivity contribution < 1.29 is 63.6 Å². The number of halogens is 11. The van der Waals surface area contributed by atoms with Gasteiger partial charge in [-0.3, -0.25) is 0 Å². The predicted molar refractivity (Wildman–Crippen MR) is 32.5 cm³/mol. The Morgan fingerprint density at radius 2 is 0.632 bits per heavy atom. The van der Waals surface area contributed by atoms with Gasteiger partial charge >= 0.3 is 30.4 Å². The maximum atomic E-state index is 11.5. The van der Waals surface area contributed by atoms with Crippen LogP contribution in [0.5, 0.6) is 0 Å². The normalized spacial score (nSPS) is 17.4. The van der Waals surface area contributed by atoms with Crippen LogP contribution in [0.15, 0.2) is 0 Å². The Kier molecular flexibility index (Phi) is 5.63. The molecular formula is C5H3F11O3. The van der Waals surface area contributed by atoms with Crippen LogP contribution in [0, 0.1) is 0 Å². The van der Waals surface area contributed by atoms with Crippen LogP contribution in [0.1, 0.15) is 0 Å². The fourth-order valence-corrected chi connectivity index (χ4v) is 0.171. The molecule has 0 aromatic heterocycles. The van der Waals surface area contributed by atoms with E-state index in [0.717, 1.165) is 0 Å². The lowest BCUT2D eigenvalue weighted by Gasteiger charge is -2.25. The molecule has 0 aliphatic rings. The van der Waals surface area contributed by atoms with E-state index in [9.17, 15) is 48.3 Å². The van der Waals surface area contributed by atoms with Gasteiger partial charge in [0.05, 0.1) is 0 Å². The maximum Gasteiger partial charge on any atom is 0.482 e. The highest BCUT2D eigenvalue weighted by molar-refractivity contribution is 4.82. The molecule has 1 unspecified atom stereocenters. The molecule has 118 valence electrons. The van der Waals surface area contributed by atoms with Gasteiger partial charge < -0.3 is 15.3 Å². The lowest BCUT2D eigenvalue weighted by molar-refractivity contribution is -0.438. The minimum Gasteiger partial charge on any atom is -0.348 e. The van der Waals surface area contributed by atoms with Crippen molar-refractivity contribution in [3.63, 3.8) is 0 Å². The van der Waals surface area contributed by atoms with Crippen LogP contribution in [-0.2, 0) is 0 Å². The smallest absolute Gasteiger partial charge is 0.348 e. The molecule has 0 saturated carbocycles. The van der Waals surface area contributed by atoms with Gasteiger partial charge in [-0.2, -0.15) is 48.3 Å². The van der Waals surface area contributed by atoms with Crippen LogP contribution in [0.25, 0.3) is 0 Å². The molecule has 0 bridgehead atoms. The molecule has 0 saturated heterocycles. The lowest BCUT2D eigenvalue weighted by Crippen LogP contribution is -2.55. The fraction of sp³-hybridized carbons (Fsp3) is 1.00. The molecule has 0 spiro atoms. The van der Waals surface area contributed by atoms with E-state index in [1.807, 2.05) is 0 Å². The summed E-state index contributed by atoms with van der Waals surface area (Å²) in [6, 6.07) is 0. The second-order valence-electron chi connectivity index (χ2n) is 2.70. The molecule has 1 atom stereocenters. The Balaban J connectivity index is 0. The highest BCUT2D eigenvalue weighted by atomic mass is 19.4. The Hall–Kier alpha value is -0.890. The summed E-state index contributed by atoms with van der Waals surface area (Å²) in [7, 11) is 0. The van der Waals surface area contributed by atoms with Crippen molar-refractivity contribution in [2.75, 3.05) is 0 Å². The molecular weight excluding hydrogens is 317 g/mol. The molecule has 0 amide bonds. The van der Waals surface area contributed by atoms with Crippen molar-refractivity contribution in [2.45, 2.75) is 30.4 Å². The first-order chi connectivity index (χ1) is 7.75. The number of alkyl halides is 11. The summed E-state index contributed by atoms with van der Waals surface area (Å²) in [6.07, 6.45) is -23.5. The van der Waals surface area contributed by atoms with Crippen molar-refractivity contribution in [3.05, 3.63) is 0 Å². The zero-order chi connectivity index (χ0) is 16.5. The van der Waals surface area contributed by atoms with Crippen molar-refractivity contribution in [3.8, 4) is 0 Å². The van der Waals surface area contributed by atoms with E-state index in [1.165, 1.54) is 0 Å². The van der Waals surface area contributed by atoms with Crippen LogP contribution in [0.3, 0.4) is 0 Å². The summed E-state index contributed by atoms with van der Waals surface area (Å²) in [4.78, 5) is 0. The Labute approximate surface area is 95.4 Å². The topological polar surface area (TPSA) is 60.7 Å². The number of rotatable bonds is 1. The summed E-state index contributed by atoms with van der Waals surface area (Å²) in [5.74, 6) is -5.90. The number of hydrogen-bond donors (Lipinski definition) is 3. The second-order valence-corrected chi connectivity index (χ2v) is 2.70. The standard InChI is InChI=1S/C3H2F6O2.C2HF5O/c4-1(10,2(5,6)7)3(8,9)11;3-1(4,5)2(6,7)8/h10-11H;8H. The third-order valence-corrected chi connectivity index (χ3v) is 1.12. The summed E-state index contributed by atoms with van der Waals surface area (Å²) in [5.41, 5.74) is 0. The van der Waals surface area contributed by atoms with Gasteiger partial charge in [0.15, 0.2) is 0 Å². The van der Waals surface area contributed by atoms with E-state index in [2.05, 4.69) is 0 Å².